The van der Waals surface area contributed by atoms with E-state index in [0.717, 1.165) is 28.3 Å². The van der Waals surface area contributed by atoms with E-state index in [4.69, 9.17) is 9.97 Å². The molecule has 8 aromatic rings. The molecular weight excluding hydrogens is 619 g/mol. The van der Waals surface area contributed by atoms with Crippen LogP contribution in [0, 0.1) is 5.92 Å². The molecule has 0 amide bonds. The zero-order chi connectivity index (χ0) is 34.3. The van der Waals surface area contributed by atoms with Crippen molar-refractivity contribution in [1.29, 1.82) is 0 Å². The molecule has 0 aliphatic heterocycles. The Balaban J connectivity index is 1.23. The van der Waals surface area contributed by atoms with Crippen LogP contribution in [0.1, 0.15) is 43.6 Å². The van der Waals surface area contributed by atoms with Crippen molar-refractivity contribution in [1.82, 2.24) is 14.5 Å². The maximum Gasteiger partial charge on any atom is 0.137 e. The number of fused-ring (bicyclic) bond motifs is 10. The fourth-order valence-electron chi connectivity index (χ4n) is 8.95. The van der Waals surface area contributed by atoms with Crippen LogP contribution in [0.2, 0.25) is 0 Å². The highest BCUT2D eigenvalue weighted by Crippen LogP contribution is 2.56. The molecule has 0 saturated carbocycles. The van der Waals surface area contributed by atoms with Crippen molar-refractivity contribution in [2.45, 2.75) is 32.1 Å². The molecule has 2 aliphatic rings. The normalized spacial score (nSPS) is 17.5. The molecule has 3 nitrogen and oxygen atoms in total. The third-order valence-corrected chi connectivity index (χ3v) is 11.4. The predicted molar refractivity (Wildman–Crippen MR) is 213 cm³/mol. The Morgan fingerprint density at radius 3 is 1.92 bits per heavy atom. The Morgan fingerprint density at radius 2 is 1.22 bits per heavy atom. The number of allylic oxidation sites excluding steroid dienone is 4. The Labute approximate surface area is 298 Å². The maximum absolute atomic E-state index is 5.29. The standard InChI is InChI=1S/C48H37N3/c1-30-33(47-49-39(31-17-6-4-7-18-31)29-40(50-47)32-19-8-5-9-20-32)25-16-28-41(30)51-42-27-15-13-24-37(42)44-35-22-11-10-21-34(35)43-36-23-12-14-26-38(36)48(2,3)45(43)46(44)51/h4-30,33H,1-3H3. The van der Waals surface area contributed by atoms with Gasteiger partial charge in [-0.2, -0.15) is 0 Å². The van der Waals surface area contributed by atoms with Gasteiger partial charge in [0.15, 0.2) is 0 Å². The number of aromatic nitrogens is 3. The molecule has 0 bridgehead atoms. The monoisotopic (exact) mass is 655 g/mol. The van der Waals surface area contributed by atoms with E-state index in [1.807, 2.05) is 0 Å². The summed E-state index contributed by atoms with van der Waals surface area (Å²) >= 11 is 0. The van der Waals surface area contributed by atoms with E-state index in [1.54, 1.807) is 0 Å². The second-order valence-electron chi connectivity index (χ2n) is 14.6. The minimum Gasteiger partial charge on any atom is -0.312 e. The summed E-state index contributed by atoms with van der Waals surface area (Å²) in [5.41, 5.74) is 13.2. The van der Waals surface area contributed by atoms with Crippen molar-refractivity contribution < 1.29 is 0 Å². The van der Waals surface area contributed by atoms with Gasteiger partial charge in [0, 0.05) is 44.8 Å². The zero-order valence-corrected chi connectivity index (χ0v) is 29.0. The summed E-state index contributed by atoms with van der Waals surface area (Å²) in [5, 5.41) is 5.24. The molecule has 0 N–H and O–H groups in total. The highest BCUT2D eigenvalue weighted by molar-refractivity contribution is 6.27. The summed E-state index contributed by atoms with van der Waals surface area (Å²) in [7, 11) is 0. The van der Waals surface area contributed by atoms with Gasteiger partial charge in [-0.1, -0.05) is 160 Å². The third kappa shape index (κ3) is 4.37. The third-order valence-electron chi connectivity index (χ3n) is 11.4. The molecule has 0 fully saturated rings. The molecular formula is C48H37N3. The predicted octanol–water partition coefficient (Wildman–Crippen LogP) is 12.2. The Kier molecular flexibility index (Phi) is 6.57. The molecule has 0 spiro atoms. The van der Waals surface area contributed by atoms with Gasteiger partial charge in [-0.3, -0.25) is 0 Å². The van der Waals surface area contributed by atoms with Crippen molar-refractivity contribution in [3.8, 4) is 33.6 Å². The van der Waals surface area contributed by atoms with E-state index in [2.05, 4.69) is 183 Å². The van der Waals surface area contributed by atoms with E-state index in [0.29, 0.717) is 0 Å². The SMILES string of the molecule is CC1C(n2c3ccccc3c3c4ccccc4c4c(c32)C(C)(C)c2ccccc2-4)=CC=CC1c1nc(-c2ccccc2)cc(-c2ccccc2)n1. The maximum atomic E-state index is 5.29. The van der Waals surface area contributed by atoms with Gasteiger partial charge < -0.3 is 4.57 Å². The molecule has 6 aromatic carbocycles. The van der Waals surface area contributed by atoms with Gasteiger partial charge in [-0.25, -0.2) is 9.97 Å². The molecule has 10 rings (SSSR count). The second kappa shape index (κ2) is 11.2. The first-order valence-corrected chi connectivity index (χ1v) is 18.0. The summed E-state index contributed by atoms with van der Waals surface area (Å²) in [6, 6.07) is 50.1. The van der Waals surface area contributed by atoms with Crippen LogP contribution in [0.15, 0.2) is 158 Å². The van der Waals surface area contributed by atoms with Crippen LogP contribution < -0.4 is 0 Å². The van der Waals surface area contributed by atoms with E-state index >= 15 is 0 Å². The number of nitrogens with zero attached hydrogens (tertiary/aromatic N) is 3. The number of benzene rings is 6. The van der Waals surface area contributed by atoms with Crippen molar-refractivity contribution in [3.63, 3.8) is 0 Å². The highest BCUT2D eigenvalue weighted by Gasteiger charge is 2.41. The summed E-state index contributed by atoms with van der Waals surface area (Å²) in [5.74, 6) is 0.914. The molecule has 2 aromatic heterocycles. The number of rotatable bonds is 4. The molecule has 2 heterocycles. The Hall–Kier alpha value is -6.06. The highest BCUT2D eigenvalue weighted by atomic mass is 15.0. The number of hydrogen-bond donors (Lipinski definition) is 0. The smallest absolute Gasteiger partial charge is 0.137 e. The van der Waals surface area contributed by atoms with Gasteiger partial charge in [-0.05, 0) is 51.2 Å². The molecule has 2 unspecified atom stereocenters. The average Bonchev–Trinajstić information content (AvgIpc) is 3.64. The van der Waals surface area contributed by atoms with E-state index in [9.17, 15) is 0 Å². The molecule has 2 aliphatic carbocycles. The van der Waals surface area contributed by atoms with Gasteiger partial charge in [0.25, 0.3) is 0 Å². The van der Waals surface area contributed by atoms with Crippen LogP contribution in [0.4, 0.5) is 0 Å². The topological polar surface area (TPSA) is 30.7 Å². The fourth-order valence-corrected chi connectivity index (χ4v) is 8.95. The number of para-hydroxylation sites is 1. The number of hydrogen-bond acceptors (Lipinski definition) is 2. The van der Waals surface area contributed by atoms with Crippen LogP contribution in [0.5, 0.6) is 0 Å². The van der Waals surface area contributed by atoms with Gasteiger partial charge in [0.05, 0.1) is 22.4 Å². The van der Waals surface area contributed by atoms with Crippen LogP contribution in [0.25, 0.3) is 71.9 Å². The first-order valence-electron chi connectivity index (χ1n) is 18.0. The lowest BCUT2D eigenvalue weighted by atomic mass is 9.80. The summed E-state index contributed by atoms with van der Waals surface area (Å²) < 4.78 is 2.59. The lowest BCUT2D eigenvalue weighted by Crippen LogP contribution is -2.21. The first-order chi connectivity index (χ1) is 25.0. The Bertz CT molecular complexity index is 2670. The van der Waals surface area contributed by atoms with E-state index in [1.165, 1.54) is 60.5 Å². The molecule has 3 heteroatoms. The van der Waals surface area contributed by atoms with Crippen molar-refractivity contribution >= 4 is 38.3 Å². The summed E-state index contributed by atoms with van der Waals surface area (Å²) in [4.78, 5) is 10.6. The van der Waals surface area contributed by atoms with Gasteiger partial charge in [0.2, 0.25) is 0 Å². The largest absolute Gasteiger partial charge is 0.312 e. The molecule has 51 heavy (non-hydrogen) atoms. The van der Waals surface area contributed by atoms with Crippen molar-refractivity contribution in [2.24, 2.45) is 5.92 Å². The minimum atomic E-state index is -0.189. The first kappa shape index (κ1) is 29.8. The second-order valence-corrected chi connectivity index (χ2v) is 14.6. The molecule has 2 atom stereocenters. The molecule has 0 saturated heterocycles. The summed E-state index contributed by atoms with van der Waals surface area (Å²) in [6.07, 6.45) is 6.84. The van der Waals surface area contributed by atoms with Gasteiger partial charge >= 0.3 is 0 Å². The zero-order valence-electron chi connectivity index (χ0n) is 29.0. The van der Waals surface area contributed by atoms with E-state index < -0.39 is 0 Å². The lowest BCUT2D eigenvalue weighted by molar-refractivity contribution is 0.600. The average molecular weight is 656 g/mol. The summed E-state index contributed by atoms with van der Waals surface area (Å²) in [6.45, 7) is 7.16. The van der Waals surface area contributed by atoms with E-state index in [-0.39, 0.29) is 17.3 Å². The Morgan fingerprint density at radius 1 is 0.627 bits per heavy atom. The van der Waals surface area contributed by atoms with Crippen molar-refractivity contribution in [3.05, 3.63) is 175 Å². The quantitative estimate of drug-likeness (QED) is 0.189. The van der Waals surface area contributed by atoms with Crippen LogP contribution in [0.3, 0.4) is 0 Å². The van der Waals surface area contributed by atoms with Crippen LogP contribution in [-0.2, 0) is 5.41 Å². The van der Waals surface area contributed by atoms with Crippen LogP contribution >= 0.6 is 0 Å². The van der Waals surface area contributed by atoms with Gasteiger partial charge in [-0.15, -0.1) is 0 Å². The van der Waals surface area contributed by atoms with Crippen molar-refractivity contribution in [2.75, 3.05) is 0 Å². The minimum absolute atomic E-state index is 0.0222. The van der Waals surface area contributed by atoms with Gasteiger partial charge in [0.1, 0.15) is 5.82 Å². The fraction of sp³-hybridized carbons (Fsp3) is 0.125. The molecule has 244 valence electrons. The molecule has 0 radical (unpaired) electrons. The van der Waals surface area contributed by atoms with Crippen LogP contribution in [-0.4, -0.2) is 14.5 Å². The lowest BCUT2D eigenvalue weighted by Gasteiger charge is -2.30.